The lowest BCUT2D eigenvalue weighted by molar-refractivity contribution is 0.280. The van der Waals surface area contributed by atoms with Gasteiger partial charge in [-0.15, -0.1) is 0 Å². The van der Waals surface area contributed by atoms with Crippen LogP contribution in [0.1, 0.15) is 20.3 Å². The molecule has 70 valence electrons. The molecule has 0 amide bonds. The van der Waals surface area contributed by atoms with Crippen LogP contribution in [0.3, 0.4) is 0 Å². The normalized spacial score (nSPS) is 16.0. The predicted molar refractivity (Wildman–Crippen MR) is 52.1 cm³/mol. The molecule has 12 heavy (non-hydrogen) atoms. The molecule has 0 radical (unpaired) electrons. The molecular weight excluding hydrogens is 152 g/mol. The second-order valence-electron chi connectivity index (χ2n) is 2.72. The monoisotopic (exact) mass is 170 g/mol. The number of nitrogens with zero attached hydrogens (tertiary/aromatic N) is 1. The highest BCUT2D eigenvalue weighted by atomic mass is 16.5. The van der Waals surface area contributed by atoms with Gasteiger partial charge in [0.1, 0.15) is 0 Å². The number of aliphatic imine (C=N–C) groups is 1. The Morgan fingerprint density at radius 1 is 1.67 bits per heavy atom. The number of rotatable bonds is 4. The zero-order chi connectivity index (χ0) is 9.56. The highest BCUT2D eigenvalue weighted by Gasteiger charge is 2.08. The molecule has 3 nitrogen and oxygen atoms in total. The molecule has 0 rings (SSSR count). The lowest BCUT2D eigenvalue weighted by atomic mass is 10.00. The van der Waals surface area contributed by atoms with Gasteiger partial charge in [0.2, 0.25) is 0 Å². The van der Waals surface area contributed by atoms with Crippen LogP contribution in [0.25, 0.3) is 0 Å². The molecule has 0 spiro atoms. The number of ether oxygens (including phenoxy) is 1. The third kappa shape index (κ3) is 2.95. The standard InChI is InChI=1S/C9H18N2O/c1-5-7(2)8(6-11-3)9(10)12-4/h6-7H,5,10H2,1-4H3. The third-order valence-corrected chi connectivity index (χ3v) is 1.92. The lowest BCUT2D eigenvalue weighted by Gasteiger charge is -2.11. The molecule has 0 saturated heterocycles. The van der Waals surface area contributed by atoms with Crippen molar-refractivity contribution < 1.29 is 4.74 Å². The Hall–Kier alpha value is -0.990. The van der Waals surface area contributed by atoms with Crippen molar-refractivity contribution in [1.29, 1.82) is 0 Å². The van der Waals surface area contributed by atoms with Gasteiger partial charge in [-0.2, -0.15) is 0 Å². The molecule has 0 bridgehead atoms. The van der Waals surface area contributed by atoms with Gasteiger partial charge in [0.25, 0.3) is 0 Å². The molecule has 0 aliphatic carbocycles. The number of hydrogen-bond donors (Lipinski definition) is 1. The van der Waals surface area contributed by atoms with E-state index in [1.165, 1.54) is 0 Å². The first-order valence-corrected chi connectivity index (χ1v) is 4.13. The SMILES string of the molecule is CCC(C)C(C=NC)=C(N)OC. The van der Waals surface area contributed by atoms with Crippen LogP contribution in [0.5, 0.6) is 0 Å². The summed E-state index contributed by atoms with van der Waals surface area (Å²) >= 11 is 0. The van der Waals surface area contributed by atoms with E-state index in [9.17, 15) is 0 Å². The van der Waals surface area contributed by atoms with Gasteiger partial charge in [-0.3, -0.25) is 4.99 Å². The predicted octanol–water partition coefficient (Wildman–Crippen LogP) is 1.55. The molecule has 0 fully saturated rings. The quantitative estimate of drug-likeness (QED) is 0.514. The van der Waals surface area contributed by atoms with E-state index in [1.54, 1.807) is 20.4 Å². The minimum absolute atomic E-state index is 0.397. The summed E-state index contributed by atoms with van der Waals surface area (Å²) in [5, 5.41) is 0. The van der Waals surface area contributed by atoms with Crippen molar-refractivity contribution in [3.8, 4) is 0 Å². The van der Waals surface area contributed by atoms with Crippen molar-refractivity contribution in [2.45, 2.75) is 20.3 Å². The summed E-state index contributed by atoms with van der Waals surface area (Å²) in [4.78, 5) is 3.93. The van der Waals surface area contributed by atoms with E-state index in [4.69, 9.17) is 10.5 Å². The largest absolute Gasteiger partial charge is 0.482 e. The van der Waals surface area contributed by atoms with Crippen LogP contribution in [0, 0.1) is 5.92 Å². The summed E-state index contributed by atoms with van der Waals surface area (Å²) < 4.78 is 4.95. The number of allylic oxidation sites excluding steroid dienone is 1. The van der Waals surface area contributed by atoms with Gasteiger partial charge in [-0.25, -0.2) is 0 Å². The number of nitrogens with two attached hydrogens (primary N) is 1. The molecule has 3 heteroatoms. The fourth-order valence-electron chi connectivity index (χ4n) is 0.911. The topological polar surface area (TPSA) is 47.6 Å². The molecule has 0 aromatic heterocycles. The maximum absolute atomic E-state index is 5.65. The third-order valence-electron chi connectivity index (χ3n) is 1.92. The van der Waals surface area contributed by atoms with Gasteiger partial charge < -0.3 is 10.5 Å². The summed E-state index contributed by atoms with van der Waals surface area (Å²) in [6.45, 7) is 4.21. The van der Waals surface area contributed by atoms with Crippen LogP contribution in [0.15, 0.2) is 16.4 Å². The highest BCUT2D eigenvalue weighted by molar-refractivity contribution is 5.79. The molecule has 0 aromatic rings. The Morgan fingerprint density at radius 3 is 2.58 bits per heavy atom. The average Bonchev–Trinajstić information content (AvgIpc) is 2.11. The van der Waals surface area contributed by atoms with Crippen LogP contribution in [0.4, 0.5) is 0 Å². The van der Waals surface area contributed by atoms with E-state index >= 15 is 0 Å². The second kappa shape index (κ2) is 5.63. The van der Waals surface area contributed by atoms with Gasteiger partial charge in [-0.05, 0) is 12.3 Å². The van der Waals surface area contributed by atoms with Crippen molar-refractivity contribution in [3.05, 3.63) is 11.5 Å². The molecule has 0 aliphatic rings. The van der Waals surface area contributed by atoms with Gasteiger partial charge in [0.15, 0.2) is 5.88 Å². The van der Waals surface area contributed by atoms with Gasteiger partial charge in [0, 0.05) is 18.8 Å². The van der Waals surface area contributed by atoms with Crippen LogP contribution in [-0.4, -0.2) is 20.4 Å². The van der Waals surface area contributed by atoms with Crippen LogP contribution in [-0.2, 0) is 4.74 Å². The van der Waals surface area contributed by atoms with Gasteiger partial charge in [0.05, 0.1) is 7.11 Å². The lowest BCUT2D eigenvalue weighted by Crippen LogP contribution is -2.11. The molecule has 0 aromatic carbocycles. The van der Waals surface area contributed by atoms with E-state index < -0.39 is 0 Å². The van der Waals surface area contributed by atoms with Crippen LogP contribution >= 0.6 is 0 Å². The van der Waals surface area contributed by atoms with E-state index in [1.807, 2.05) is 0 Å². The zero-order valence-corrected chi connectivity index (χ0v) is 8.29. The minimum Gasteiger partial charge on any atom is -0.482 e. The van der Waals surface area contributed by atoms with Gasteiger partial charge >= 0.3 is 0 Å². The Balaban J connectivity index is 4.64. The summed E-state index contributed by atoms with van der Waals surface area (Å²) in [6, 6.07) is 0. The van der Waals surface area contributed by atoms with Gasteiger partial charge in [-0.1, -0.05) is 13.8 Å². The first-order chi connectivity index (χ1) is 5.67. The maximum Gasteiger partial charge on any atom is 0.188 e. The van der Waals surface area contributed by atoms with Crippen LogP contribution in [0.2, 0.25) is 0 Å². The Kier molecular flexibility index (Phi) is 5.17. The number of hydrogen-bond acceptors (Lipinski definition) is 3. The molecule has 0 saturated carbocycles. The maximum atomic E-state index is 5.65. The van der Waals surface area contributed by atoms with E-state index in [-0.39, 0.29) is 0 Å². The molecule has 1 unspecified atom stereocenters. The Labute approximate surface area is 74.3 Å². The number of methoxy groups -OCH3 is 1. The summed E-state index contributed by atoms with van der Waals surface area (Å²) in [5.41, 5.74) is 6.62. The van der Waals surface area contributed by atoms with Crippen molar-refractivity contribution in [2.24, 2.45) is 16.6 Å². The second-order valence-corrected chi connectivity index (χ2v) is 2.72. The van der Waals surface area contributed by atoms with Crippen LogP contribution < -0.4 is 5.73 Å². The Morgan fingerprint density at radius 2 is 2.25 bits per heavy atom. The van der Waals surface area contributed by atoms with Crippen molar-refractivity contribution in [3.63, 3.8) is 0 Å². The minimum atomic E-state index is 0.397. The smallest absolute Gasteiger partial charge is 0.188 e. The van der Waals surface area contributed by atoms with E-state index in [0.29, 0.717) is 11.8 Å². The Bertz CT molecular complexity index is 185. The average molecular weight is 170 g/mol. The van der Waals surface area contributed by atoms with Crippen molar-refractivity contribution in [1.82, 2.24) is 0 Å². The molecule has 0 heterocycles. The molecule has 2 N–H and O–H groups in total. The van der Waals surface area contributed by atoms with Crippen molar-refractivity contribution in [2.75, 3.05) is 14.2 Å². The van der Waals surface area contributed by atoms with E-state index in [2.05, 4.69) is 18.8 Å². The fourth-order valence-corrected chi connectivity index (χ4v) is 0.911. The van der Waals surface area contributed by atoms with E-state index in [0.717, 1.165) is 12.0 Å². The molecular formula is C9H18N2O. The summed E-state index contributed by atoms with van der Waals surface area (Å²) in [5.74, 6) is 0.864. The molecule has 1 atom stereocenters. The first kappa shape index (κ1) is 11.0. The molecule has 0 aliphatic heterocycles. The fraction of sp³-hybridized carbons (Fsp3) is 0.667. The summed E-state index contributed by atoms with van der Waals surface area (Å²) in [7, 11) is 3.30. The first-order valence-electron chi connectivity index (χ1n) is 4.13. The summed E-state index contributed by atoms with van der Waals surface area (Å²) in [6.07, 6.45) is 2.79. The van der Waals surface area contributed by atoms with Crippen molar-refractivity contribution >= 4 is 6.21 Å². The zero-order valence-electron chi connectivity index (χ0n) is 8.29. The highest BCUT2D eigenvalue weighted by Crippen LogP contribution is 2.14.